The highest BCUT2D eigenvalue weighted by Crippen LogP contribution is 2.27. The molecule has 1 unspecified atom stereocenters. The lowest BCUT2D eigenvalue weighted by Gasteiger charge is -2.21. The number of amides is 2. The molecule has 1 aromatic carbocycles. The van der Waals surface area contributed by atoms with Crippen LogP contribution in [0.4, 0.5) is 4.79 Å². The van der Waals surface area contributed by atoms with E-state index >= 15 is 0 Å². The fourth-order valence-electron chi connectivity index (χ4n) is 1.63. The zero-order chi connectivity index (χ0) is 15.3. The molecule has 4 nitrogen and oxygen atoms in total. The molecular formula is C15H23BrN2O2. The smallest absolute Gasteiger partial charge is 0.315 e. The summed E-state index contributed by atoms with van der Waals surface area (Å²) in [5.74, 6) is 0.776. The first kappa shape index (κ1) is 16.8. The number of carbonyl (C=O) groups is 1. The zero-order valence-corrected chi connectivity index (χ0v) is 14.3. The van der Waals surface area contributed by atoms with Crippen LogP contribution in [-0.2, 0) is 0 Å². The van der Waals surface area contributed by atoms with Gasteiger partial charge in [-0.3, -0.25) is 0 Å². The van der Waals surface area contributed by atoms with Crippen LogP contribution < -0.4 is 15.4 Å². The number of halogens is 1. The lowest BCUT2D eigenvalue weighted by atomic mass is 9.97. The van der Waals surface area contributed by atoms with Gasteiger partial charge in [-0.05, 0) is 46.0 Å². The predicted molar refractivity (Wildman–Crippen MR) is 85.1 cm³/mol. The molecule has 0 saturated carbocycles. The van der Waals surface area contributed by atoms with Gasteiger partial charge in [-0.2, -0.15) is 0 Å². The number of methoxy groups -OCH3 is 1. The van der Waals surface area contributed by atoms with Crippen LogP contribution in [0.3, 0.4) is 0 Å². The van der Waals surface area contributed by atoms with Crippen LogP contribution in [0.5, 0.6) is 5.75 Å². The Labute approximate surface area is 129 Å². The Hall–Kier alpha value is -1.23. The Morgan fingerprint density at radius 1 is 1.40 bits per heavy atom. The minimum atomic E-state index is -0.153. The molecule has 0 saturated heterocycles. The Morgan fingerprint density at radius 2 is 2.05 bits per heavy atom. The maximum Gasteiger partial charge on any atom is 0.315 e. The molecule has 0 aromatic heterocycles. The maximum absolute atomic E-state index is 11.8. The molecule has 1 aromatic rings. The van der Waals surface area contributed by atoms with Crippen molar-refractivity contribution in [2.75, 3.05) is 13.7 Å². The number of hydrogen-bond acceptors (Lipinski definition) is 2. The van der Waals surface area contributed by atoms with Gasteiger partial charge in [-0.1, -0.05) is 26.8 Å². The van der Waals surface area contributed by atoms with Crippen LogP contribution >= 0.6 is 15.9 Å². The van der Waals surface area contributed by atoms with Gasteiger partial charge < -0.3 is 15.4 Å². The standard InChI is InChI=1S/C15H23BrN2O2/c1-10(18-14(19)17-9-15(2,3)4)11-6-7-13(20-5)12(16)8-11/h6-8,10H,9H2,1-5H3,(H2,17,18,19). The molecule has 0 heterocycles. The highest BCUT2D eigenvalue weighted by molar-refractivity contribution is 9.10. The number of urea groups is 1. The van der Waals surface area contributed by atoms with Crippen LogP contribution in [0, 0.1) is 5.41 Å². The topological polar surface area (TPSA) is 50.4 Å². The van der Waals surface area contributed by atoms with Gasteiger partial charge in [0.15, 0.2) is 0 Å². The normalized spacial score (nSPS) is 12.7. The molecule has 0 fully saturated rings. The van der Waals surface area contributed by atoms with Crippen LogP contribution in [0.15, 0.2) is 22.7 Å². The molecular weight excluding hydrogens is 320 g/mol. The fraction of sp³-hybridized carbons (Fsp3) is 0.533. The Bertz CT molecular complexity index is 469. The molecule has 0 aliphatic heterocycles. The molecule has 2 N–H and O–H groups in total. The molecule has 0 aliphatic carbocycles. The van der Waals surface area contributed by atoms with Gasteiger partial charge in [0.05, 0.1) is 17.6 Å². The molecule has 112 valence electrons. The Kier molecular flexibility index (Phi) is 5.87. The molecule has 5 heteroatoms. The van der Waals surface area contributed by atoms with Crippen LogP contribution in [0.25, 0.3) is 0 Å². The summed E-state index contributed by atoms with van der Waals surface area (Å²) in [6, 6.07) is 5.55. The molecule has 20 heavy (non-hydrogen) atoms. The van der Waals surface area contributed by atoms with Gasteiger partial charge >= 0.3 is 6.03 Å². The third-order valence-corrected chi connectivity index (χ3v) is 3.42. The van der Waals surface area contributed by atoms with Crippen molar-refractivity contribution < 1.29 is 9.53 Å². The second kappa shape index (κ2) is 6.97. The SMILES string of the molecule is COc1ccc(C(C)NC(=O)NCC(C)(C)C)cc1Br. The maximum atomic E-state index is 11.8. The van der Waals surface area contributed by atoms with Crippen molar-refractivity contribution in [3.8, 4) is 5.75 Å². The molecule has 1 rings (SSSR count). The third-order valence-electron chi connectivity index (χ3n) is 2.80. The van der Waals surface area contributed by atoms with E-state index in [1.807, 2.05) is 25.1 Å². The monoisotopic (exact) mass is 342 g/mol. The van der Waals surface area contributed by atoms with E-state index in [-0.39, 0.29) is 17.5 Å². The number of rotatable bonds is 4. The molecule has 2 amide bonds. The van der Waals surface area contributed by atoms with Crippen molar-refractivity contribution in [1.29, 1.82) is 0 Å². The summed E-state index contributed by atoms with van der Waals surface area (Å²) in [5, 5.41) is 5.80. The van der Waals surface area contributed by atoms with Crippen LogP contribution in [-0.4, -0.2) is 19.7 Å². The predicted octanol–water partition coefficient (Wildman–Crippen LogP) is 3.86. The van der Waals surface area contributed by atoms with E-state index in [1.165, 1.54) is 0 Å². The minimum Gasteiger partial charge on any atom is -0.496 e. The largest absolute Gasteiger partial charge is 0.496 e. The quantitative estimate of drug-likeness (QED) is 0.872. The summed E-state index contributed by atoms with van der Waals surface area (Å²) in [7, 11) is 1.63. The molecule has 0 bridgehead atoms. The number of benzene rings is 1. The molecule has 0 aliphatic rings. The lowest BCUT2D eigenvalue weighted by Crippen LogP contribution is -2.40. The average molecular weight is 343 g/mol. The number of ether oxygens (including phenoxy) is 1. The summed E-state index contributed by atoms with van der Waals surface area (Å²) in [6.07, 6.45) is 0. The first-order chi connectivity index (χ1) is 9.23. The van der Waals surface area contributed by atoms with Gasteiger partial charge in [-0.25, -0.2) is 4.79 Å². The summed E-state index contributed by atoms with van der Waals surface area (Å²) in [4.78, 5) is 11.8. The number of hydrogen-bond donors (Lipinski definition) is 2. The van der Waals surface area contributed by atoms with Gasteiger partial charge in [0.1, 0.15) is 5.75 Å². The summed E-state index contributed by atoms with van der Waals surface area (Å²) >= 11 is 3.45. The first-order valence-corrected chi connectivity index (χ1v) is 7.40. The first-order valence-electron chi connectivity index (χ1n) is 6.61. The van der Waals surface area contributed by atoms with Crippen LogP contribution in [0.2, 0.25) is 0 Å². The van der Waals surface area contributed by atoms with Crippen molar-refractivity contribution >= 4 is 22.0 Å². The summed E-state index contributed by atoms with van der Waals surface area (Å²) < 4.78 is 6.07. The summed E-state index contributed by atoms with van der Waals surface area (Å²) in [6.45, 7) is 8.83. The molecule has 0 spiro atoms. The highest BCUT2D eigenvalue weighted by Gasteiger charge is 2.14. The molecule has 0 radical (unpaired) electrons. The van der Waals surface area contributed by atoms with Gasteiger partial charge in [-0.15, -0.1) is 0 Å². The van der Waals surface area contributed by atoms with E-state index in [0.29, 0.717) is 6.54 Å². The van der Waals surface area contributed by atoms with Crippen molar-refractivity contribution in [3.05, 3.63) is 28.2 Å². The second-order valence-electron chi connectivity index (χ2n) is 6.00. The Balaban J connectivity index is 2.60. The Morgan fingerprint density at radius 3 is 2.55 bits per heavy atom. The number of carbonyl (C=O) groups excluding carboxylic acids is 1. The number of nitrogens with one attached hydrogen (secondary N) is 2. The van der Waals surface area contributed by atoms with Gasteiger partial charge in [0, 0.05) is 6.54 Å². The highest BCUT2D eigenvalue weighted by atomic mass is 79.9. The van der Waals surface area contributed by atoms with Gasteiger partial charge in [0.25, 0.3) is 0 Å². The van der Waals surface area contributed by atoms with Crippen molar-refractivity contribution in [2.45, 2.75) is 33.7 Å². The van der Waals surface area contributed by atoms with Crippen molar-refractivity contribution in [3.63, 3.8) is 0 Å². The third kappa shape index (κ3) is 5.41. The summed E-state index contributed by atoms with van der Waals surface area (Å²) in [5.41, 5.74) is 1.09. The van der Waals surface area contributed by atoms with E-state index in [4.69, 9.17) is 4.74 Å². The van der Waals surface area contributed by atoms with E-state index in [1.54, 1.807) is 7.11 Å². The van der Waals surface area contributed by atoms with Crippen molar-refractivity contribution in [1.82, 2.24) is 10.6 Å². The average Bonchev–Trinajstić information content (AvgIpc) is 2.35. The van der Waals surface area contributed by atoms with E-state index in [0.717, 1.165) is 15.8 Å². The zero-order valence-electron chi connectivity index (χ0n) is 12.7. The van der Waals surface area contributed by atoms with Gasteiger partial charge in [0.2, 0.25) is 0 Å². The minimum absolute atomic E-state index is 0.0721. The second-order valence-corrected chi connectivity index (χ2v) is 6.86. The lowest BCUT2D eigenvalue weighted by molar-refractivity contribution is 0.232. The van der Waals surface area contributed by atoms with Crippen molar-refractivity contribution in [2.24, 2.45) is 5.41 Å². The fourth-order valence-corrected chi connectivity index (χ4v) is 2.19. The van der Waals surface area contributed by atoms with E-state index in [9.17, 15) is 4.79 Å². The molecule has 1 atom stereocenters. The van der Waals surface area contributed by atoms with E-state index < -0.39 is 0 Å². The van der Waals surface area contributed by atoms with Crippen LogP contribution in [0.1, 0.15) is 39.3 Å². The van der Waals surface area contributed by atoms with E-state index in [2.05, 4.69) is 47.3 Å².